The zero-order valence-corrected chi connectivity index (χ0v) is 7.31. The van der Waals surface area contributed by atoms with Crippen molar-refractivity contribution in [2.75, 3.05) is 0 Å². The van der Waals surface area contributed by atoms with Gasteiger partial charge >= 0.3 is 0 Å². The minimum Gasteiger partial charge on any atom is -0.303 e. The summed E-state index contributed by atoms with van der Waals surface area (Å²) in [7, 11) is 0. The second-order valence-electron chi connectivity index (χ2n) is 2.87. The Morgan fingerprint density at radius 1 is 1.38 bits per heavy atom. The molecule has 1 unspecified atom stereocenters. The molecule has 0 aromatic heterocycles. The van der Waals surface area contributed by atoms with Gasteiger partial charge in [0.15, 0.2) is 0 Å². The number of benzene rings is 1. The summed E-state index contributed by atoms with van der Waals surface area (Å²) in [4.78, 5) is 10.4. The fourth-order valence-corrected chi connectivity index (χ4v) is 1.29. The Kier molecular flexibility index (Phi) is 3.72. The van der Waals surface area contributed by atoms with Crippen molar-refractivity contribution in [3.05, 3.63) is 35.9 Å². The monoisotopic (exact) mass is 173 g/mol. The average Bonchev–Trinajstić information content (AvgIpc) is 2.19. The van der Waals surface area contributed by atoms with Gasteiger partial charge < -0.3 is 4.79 Å². The number of rotatable bonds is 4. The Morgan fingerprint density at radius 3 is 2.62 bits per heavy atom. The van der Waals surface area contributed by atoms with Gasteiger partial charge in [-0.1, -0.05) is 30.3 Å². The van der Waals surface area contributed by atoms with E-state index in [9.17, 15) is 4.79 Å². The molecule has 1 atom stereocenters. The molecule has 0 saturated carbocycles. The molecule has 0 radical (unpaired) electrons. The molecule has 0 spiro atoms. The van der Waals surface area contributed by atoms with E-state index in [1.165, 1.54) is 0 Å². The minimum atomic E-state index is 0.0590. The first-order chi connectivity index (χ1) is 6.38. The van der Waals surface area contributed by atoms with Crippen LogP contribution in [0.5, 0.6) is 0 Å². The van der Waals surface area contributed by atoms with E-state index in [0.717, 1.165) is 11.8 Å². The van der Waals surface area contributed by atoms with Crippen LogP contribution in [0.3, 0.4) is 0 Å². The van der Waals surface area contributed by atoms with Crippen LogP contribution in [0.4, 0.5) is 0 Å². The molecule has 2 nitrogen and oxygen atoms in total. The van der Waals surface area contributed by atoms with Crippen LogP contribution in [0, 0.1) is 11.3 Å². The fourth-order valence-electron chi connectivity index (χ4n) is 1.29. The zero-order valence-electron chi connectivity index (χ0n) is 7.31. The van der Waals surface area contributed by atoms with Gasteiger partial charge in [0.1, 0.15) is 6.29 Å². The van der Waals surface area contributed by atoms with E-state index in [1.807, 2.05) is 30.3 Å². The summed E-state index contributed by atoms with van der Waals surface area (Å²) in [5, 5.41) is 8.56. The van der Waals surface area contributed by atoms with Crippen LogP contribution >= 0.6 is 0 Å². The topological polar surface area (TPSA) is 40.9 Å². The highest BCUT2D eigenvalue weighted by molar-refractivity contribution is 5.51. The first-order valence-corrected chi connectivity index (χ1v) is 4.24. The van der Waals surface area contributed by atoms with Crippen molar-refractivity contribution in [3.8, 4) is 6.07 Å². The van der Waals surface area contributed by atoms with Gasteiger partial charge in [0.2, 0.25) is 0 Å². The summed E-state index contributed by atoms with van der Waals surface area (Å²) in [5.41, 5.74) is 1.07. The Morgan fingerprint density at radius 2 is 2.08 bits per heavy atom. The van der Waals surface area contributed by atoms with Crippen LogP contribution in [0.25, 0.3) is 0 Å². The van der Waals surface area contributed by atoms with Crippen molar-refractivity contribution in [1.82, 2.24) is 0 Å². The lowest BCUT2D eigenvalue weighted by atomic mass is 9.94. The first-order valence-electron chi connectivity index (χ1n) is 4.24. The van der Waals surface area contributed by atoms with Crippen LogP contribution in [-0.4, -0.2) is 6.29 Å². The fraction of sp³-hybridized carbons (Fsp3) is 0.273. The molecule has 1 aromatic carbocycles. The highest BCUT2D eigenvalue weighted by atomic mass is 16.1. The van der Waals surface area contributed by atoms with Crippen molar-refractivity contribution in [1.29, 1.82) is 5.26 Å². The SMILES string of the molecule is N#CCC(CC=O)c1ccccc1. The van der Waals surface area contributed by atoms with Crippen molar-refractivity contribution in [2.24, 2.45) is 0 Å². The maximum atomic E-state index is 10.4. The second kappa shape index (κ2) is 5.10. The molecule has 0 saturated heterocycles. The van der Waals surface area contributed by atoms with Gasteiger partial charge in [0, 0.05) is 18.8 Å². The third-order valence-electron chi connectivity index (χ3n) is 1.99. The summed E-state index contributed by atoms with van der Waals surface area (Å²) in [5.74, 6) is 0.0590. The number of nitriles is 1. The number of carbonyl (C=O) groups is 1. The van der Waals surface area contributed by atoms with Crippen molar-refractivity contribution in [2.45, 2.75) is 18.8 Å². The van der Waals surface area contributed by atoms with Gasteiger partial charge in [0.25, 0.3) is 0 Å². The molecule has 0 bridgehead atoms. The molecule has 0 fully saturated rings. The predicted molar refractivity (Wildman–Crippen MR) is 50.1 cm³/mol. The molecule has 0 N–H and O–H groups in total. The number of nitrogens with zero attached hydrogens (tertiary/aromatic N) is 1. The van der Waals surface area contributed by atoms with Crippen molar-refractivity contribution >= 4 is 6.29 Å². The van der Waals surface area contributed by atoms with E-state index >= 15 is 0 Å². The van der Waals surface area contributed by atoms with Crippen LogP contribution < -0.4 is 0 Å². The third kappa shape index (κ3) is 2.72. The molecule has 0 aliphatic carbocycles. The van der Waals surface area contributed by atoms with Gasteiger partial charge in [0.05, 0.1) is 6.07 Å². The van der Waals surface area contributed by atoms with Crippen LogP contribution in [0.1, 0.15) is 24.3 Å². The quantitative estimate of drug-likeness (QED) is 0.655. The maximum Gasteiger partial charge on any atom is 0.120 e. The lowest BCUT2D eigenvalue weighted by molar-refractivity contribution is -0.108. The molecular weight excluding hydrogens is 162 g/mol. The van der Waals surface area contributed by atoms with Crippen LogP contribution in [0.2, 0.25) is 0 Å². The number of carbonyl (C=O) groups excluding carboxylic acids is 1. The molecule has 1 aromatic rings. The summed E-state index contributed by atoms with van der Waals surface area (Å²) >= 11 is 0. The van der Waals surface area contributed by atoms with Gasteiger partial charge in [-0.3, -0.25) is 0 Å². The largest absolute Gasteiger partial charge is 0.303 e. The Balaban J connectivity index is 2.76. The second-order valence-corrected chi connectivity index (χ2v) is 2.87. The lowest BCUT2D eigenvalue weighted by Crippen LogP contribution is -1.98. The van der Waals surface area contributed by atoms with Gasteiger partial charge in [-0.15, -0.1) is 0 Å². The Hall–Kier alpha value is -1.62. The maximum absolute atomic E-state index is 10.4. The Bertz CT molecular complexity index is 300. The molecule has 1 rings (SSSR count). The van der Waals surface area contributed by atoms with Crippen molar-refractivity contribution in [3.63, 3.8) is 0 Å². The van der Waals surface area contributed by atoms with Gasteiger partial charge in [-0.05, 0) is 5.56 Å². The van der Waals surface area contributed by atoms with Crippen LogP contribution in [-0.2, 0) is 4.79 Å². The summed E-state index contributed by atoms with van der Waals surface area (Å²) < 4.78 is 0. The molecule has 2 heteroatoms. The highest BCUT2D eigenvalue weighted by Gasteiger charge is 2.09. The molecule has 0 amide bonds. The van der Waals surface area contributed by atoms with E-state index in [4.69, 9.17) is 5.26 Å². The number of hydrogen-bond acceptors (Lipinski definition) is 2. The highest BCUT2D eigenvalue weighted by Crippen LogP contribution is 2.21. The Labute approximate surface area is 77.8 Å². The van der Waals surface area contributed by atoms with Gasteiger partial charge in [-0.25, -0.2) is 0 Å². The zero-order chi connectivity index (χ0) is 9.52. The lowest BCUT2D eigenvalue weighted by Gasteiger charge is -2.09. The smallest absolute Gasteiger partial charge is 0.120 e. The van der Waals surface area contributed by atoms with Gasteiger partial charge in [-0.2, -0.15) is 5.26 Å². The van der Waals surface area contributed by atoms with Crippen molar-refractivity contribution < 1.29 is 4.79 Å². The van der Waals surface area contributed by atoms with E-state index in [-0.39, 0.29) is 5.92 Å². The molecule has 66 valence electrons. The summed E-state index contributed by atoms with van der Waals surface area (Å²) in [6.07, 6.45) is 1.70. The van der Waals surface area contributed by atoms with Crippen LogP contribution in [0.15, 0.2) is 30.3 Å². The van der Waals surface area contributed by atoms with E-state index < -0.39 is 0 Å². The minimum absolute atomic E-state index is 0.0590. The summed E-state index contributed by atoms with van der Waals surface area (Å²) in [6, 6.07) is 11.8. The number of aldehydes is 1. The standard InChI is InChI=1S/C11H11NO/c12-8-6-11(7-9-13)10-4-2-1-3-5-10/h1-5,9,11H,6-7H2. The molecule has 0 aliphatic heterocycles. The normalized spacial score (nSPS) is 11.6. The van der Waals surface area contributed by atoms with E-state index in [0.29, 0.717) is 12.8 Å². The molecule has 13 heavy (non-hydrogen) atoms. The molecule has 0 heterocycles. The molecule has 0 aliphatic rings. The van der Waals surface area contributed by atoms with E-state index in [1.54, 1.807) is 0 Å². The van der Waals surface area contributed by atoms with E-state index in [2.05, 4.69) is 6.07 Å². The summed E-state index contributed by atoms with van der Waals surface area (Å²) in [6.45, 7) is 0. The first kappa shape index (κ1) is 9.47. The number of hydrogen-bond donors (Lipinski definition) is 0. The average molecular weight is 173 g/mol. The third-order valence-corrected chi connectivity index (χ3v) is 1.99. The molecular formula is C11H11NO. The predicted octanol–water partition coefficient (Wildman–Crippen LogP) is 2.27.